The van der Waals surface area contributed by atoms with Gasteiger partial charge in [-0.05, 0) is 58.2 Å². The van der Waals surface area contributed by atoms with Crippen LogP contribution < -0.4 is 10.1 Å². The van der Waals surface area contributed by atoms with E-state index in [1.54, 1.807) is 4.90 Å². The number of benzene rings is 2. The Kier molecular flexibility index (Phi) is 9.57. The summed E-state index contributed by atoms with van der Waals surface area (Å²) in [5, 5.41) is 2.96. The summed E-state index contributed by atoms with van der Waals surface area (Å²) in [4.78, 5) is 27.7. The molecule has 0 aliphatic heterocycles. The van der Waals surface area contributed by atoms with Gasteiger partial charge >= 0.3 is 0 Å². The van der Waals surface area contributed by atoms with E-state index in [4.69, 9.17) is 4.74 Å². The lowest BCUT2D eigenvalue weighted by molar-refractivity contribution is -0.141. The van der Waals surface area contributed by atoms with Crippen molar-refractivity contribution in [2.24, 2.45) is 0 Å². The first-order valence-electron chi connectivity index (χ1n) is 11.1. The van der Waals surface area contributed by atoms with Crippen molar-refractivity contribution in [3.63, 3.8) is 0 Å². The van der Waals surface area contributed by atoms with Gasteiger partial charge in [-0.3, -0.25) is 9.59 Å². The maximum Gasteiger partial charge on any atom is 0.243 e. The van der Waals surface area contributed by atoms with Crippen LogP contribution in [0.1, 0.15) is 56.7 Å². The predicted molar refractivity (Wildman–Crippen MR) is 125 cm³/mol. The van der Waals surface area contributed by atoms with E-state index in [1.807, 2.05) is 83.1 Å². The van der Waals surface area contributed by atoms with Crippen molar-refractivity contribution in [1.29, 1.82) is 0 Å². The predicted octanol–water partition coefficient (Wildman–Crippen LogP) is 4.79. The highest BCUT2D eigenvalue weighted by Crippen LogP contribution is 2.16. The van der Waals surface area contributed by atoms with Crippen molar-refractivity contribution in [2.75, 3.05) is 6.61 Å². The molecular weight excluding hydrogens is 388 g/mol. The van der Waals surface area contributed by atoms with Gasteiger partial charge in [-0.25, -0.2) is 0 Å². The number of ether oxygens (including phenoxy) is 1. The van der Waals surface area contributed by atoms with Gasteiger partial charge in [0.2, 0.25) is 11.8 Å². The van der Waals surface area contributed by atoms with Crippen LogP contribution in [0.25, 0.3) is 0 Å². The molecule has 2 aromatic rings. The molecule has 0 spiro atoms. The fraction of sp³-hybridized carbons (Fsp3) is 0.462. The third-order valence-electron chi connectivity index (χ3n) is 5.12. The van der Waals surface area contributed by atoms with E-state index >= 15 is 0 Å². The molecule has 0 aliphatic rings. The molecule has 0 aromatic heterocycles. The molecule has 0 fully saturated rings. The first-order valence-corrected chi connectivity index (χ1v) is 11.1. The van der Waals surface area contributed by atoms with Crippen molar-refractivity contribution in [3.05, 3.63) is 65.2 Å². The number of hydrogen-bond acceptors (Lipinski definition) is 3. The second-order valence-electron chi connectivity index (χ2n) is 8.36. The molecule has 168 valence electrons. The maximum absolute atomic E-state index is 13.2. The summed E-state index contributed by atoms with van der Waals surface area (Å²) >= 11 is 0. The van der Waals surface area contributed by atoms with Crippen molar-refractivity contribution in [3.8, 4) is 5.75 Å². The van der Waals surface area contributed by atoms with Crippen LogP contribution in [0.5, 0.6) is 5.75 Å². The normalized spacial score (nSPS) is 11.8. The lowest BCUT2D eigenvalue weighted by Crippen LogP contribution is -2.50. The summed E-state index contributed by atoms with van der Waals surface area (Å²) in [6.45, 7) is 10.7. The van der Waals surface area contributed by atoms with E-state index < -0.39 is 6.04 Å². The fourth-order valence-electron chi connectivity index (χ4n) is 3.38. The van der Waals surface area contributed by atoms with Crippen LogP contribution in [0, 0.1) is 13.8 Å². The number of nitrogens with one attached hydrogen (secondary N) is 1. The molecule has 0 heterocycles. The molecule has 5 nitrogen and oxygen atoms in total. The summed E-state index contributed by atoms with van der Waals surface area (Å²) in [6.07, 6.45) is 1.50. The van der Waals surface area contributed by atoms with Crippen molar-refractivity contribution >= 4 is 11.8 Å². The lowest BCUT2D eigenvalue weighted by Gasteiger charge is -2.31. The van der Waals surface area contributed by atoms with E-state index in [2.05, 4.69) is 5.32 Å². The molecule has 0 saturated carbocycles. The first kappa shape index (κ1) is 24.4. The zero-order chi connectivity index (χ0) is 22.8. The number of carbonyl (C=O) groups is 2. The maximum atomic E-state index is 13.2. The summed E-state index contributed by atoms with van der Waals surface area (Å²) < 4.78 is 5.76. The van der Waals surface area contributed by atoms with Crippen LogP contribution in [-0.2, 0) is 16.1 Å². The summed E-state index contributed by atoms with van der Waals surface area (Å²) in [5.41, 5.74) is 3.37. The van der Waals surface area contributed by atoms with Gasteiger partial charge in [0.05, 0.1) is 6.61 Å². The third kappa shape index (κ3) is 8.08. The monoisotopic (exact) mass is 424 g/mol. The van der Waals surface area contributed by atoms with Crippen molar-refractivity contribution < 1.29 is 14.3 Å². The molecule has 5 heteroatoms. The largest absolute Gasteiger partial charge is 0.494 e. The highest BCUT2D eigenvalue weighted by atomic mass is 16.5. The minimum absolute atomic E-state index is 0.0285. The third-order valence-corrected chi connectivity index (χ3v) is 5.12. The van der Waals surface area contributed by atoms with Gasteiger partial charge in [-0.2, -0.15) is 0 Å². The SMILES string of the molecule is CC[C@@H](C(=O)NC(C)C)N(Cc1ccc(C)cc1)C(=O)CCCOc1ccc(C)cc1. The standard InChI is InChI=1S/C26H36N2O3/c1-6-24(26(30)27-19(2)3)28(18-22-13-9-20(4)10-14-22)25(29)8-7-17-31-23-15-11-21(5)12-16-23/h9-16,19,24H,6-8,17-18H2,1-5H3,(H,27,30)/t24-/m0/s1. The highest BCUT2D eigenvalue weighted by Gasteiger charge is 2.28. The minimum atomic E-state index is -0.491. The lowest BCUT2D eigenvalue weighted by atomic mass is 10.1. The Morgan fingerprint density at radius 1 is 0.968 bits per heavy atom. The van der Waals surface area contributed by atoms with Crippen LogP contribution in [0.3, 0.4) is 0 Å². The van der Waals surface area contributed by atoms with Gasteiger partial charge in [0.25, 0.3) is 0 Å². The van der Waals surface area contributed by atoms with Crippen LogP contribution >= 0.6 is 0 Å². The number of carbonyl (C=O) groups excluding carboxylic acids is 2. The van der Waals surface area contributed by atoms with Gasteiger partial charge in [0.1, 0.15) is 11.8 Å². The zero-order valence-corrected chi connectivity index (χ0v) is 19.5. The zero-order valence-electron chi connectivity index (χ0n) is 19.5. The topological polar surface area (TPSA) is 58.6 Å². The fourth-order valence-corrected chi connectivity index (χ4v) is 3.38. The quantitative estimate of drug-likeness (QED) is 0.528. The Morgan fingerprint density at radius 3 is 2.10 bits per heavy atom. The number of rotatable bonds is 11. The van der Waals surface area contributed by atoms with E-state index in [1.165, 1.54) is 11.1 Å². The van der Waals surface area contributed by atoms with Crippen LogP contribution in [0.15, 0.2) is 48.5 Å². The summed E-state index contributed by atoms with van der Waals surface area (Å²) in [5.74, 6) is 0.671. The van der Waals surface area contributed by atoms with Crippen LogP contribution in [-0.4, -0.2) is 35.4 Å². The molecular formula is C26H36N2O3. The molecule has 31 heavy (non-hydrogen) atoms. The Hall–Kier alpha value is -2.82. The van der Waals surface area contributed by atoms with Gasteiger partial charge in [0, 0.05) is 19.0 Å². The average Bonchev–Trinajstić information content (AvgIpc) is 2.73. The average molecular weight is 425 g/mol. The molecule has 0 aliphatic carbocycles. The van der Waals surface area contributed by atoms with E-state index in [0.29, 0.717) is 32.4 Å². The Labute approximate surface area is 186 Å². The molecule has 0 saturated heterocycles. The van der Waals surface area contributed by atoms with Gasteiger partial charge in [0.15, 0.2) is 0 Å². The second-order valence-corrected chi connectivity index (χ2v) is 8.36. The summed E-state index contributed by atoms with van der Waals surface area (Å²) in [7, 11) is 0. The van der Waals surface area contributed by atoms with Crippen molar-refractivity contribution in [2.45, 2.75) is 72.5 Å². The van der Waals surface area contributed by atoms with Crippen LogP contribution in [0.2, 0.25) is 0 Å². The number of aryl methyl sites for hydroxylation is 2. The van der Waals surface area contributed by atoms with Gasteiger partial charge < -0.3 is 15.0 Å². The highest BCUT2D eigenvalue weighted by molar-refractivity contribution is 5.87. The number of hydrogen-bond donors (Lipinski definition) is 1. The Morgan fingerprint density at radius 2 is 1.55 bits per heavy atom. The summed E-state index contributed by atoms with van der Waals surface area (Å²) in [6, 6.07) is 15.5. The van der Waals surface area contributed by atoms with Gasteiger partial charge in [-0.15, -0.1) is 0 Å². The molecule has 0 unspecified atom stereocenters. The molecule has 1 atom stereocenters. The first-order chi connectivity index (χ1) is 14.8. The molecule has 0 bridgehead atoms. The van der Waals surface area contributed by atoms with Gasteiger partial charge in [-0.1, -0.05) is 54.4 Å². The van der Waals surface area contributed by atoms with Crippen LogP contribution in [0.4, 0.5) is 0 Å². The second kappa shape index (κ2) is 12.1. The number of amides is 2. The molecule has 2 aromatic carbocycles. The molecule has 0 radical (unpaired) electrons. The Balaban J connectivity index is 2.04. The number of nitrogens with zero attached hydrogens (tertiary/aromatic N) is 1. The van der Waals surface area contributed by atoms with E-state index in [0.717, 1.165) is 11.3 Å². The smallest absolute Gasteiger partial charge is 0.243 e. The Bertz CT molecular complexity index is 829. The van der Waals surface area contributed by atoms with Crippen molar-refractivity contribution in [1.82, 2.24) is 10.2 Å². The van der Waals surface area contributed by atoms with E-state index in [-0.39, 0.29) is 17.9 Å². The molecule has 2 amide bonds. The minimum Gasteiger partial charge on any atom is -0.494 e. The molecule has 1 N–H and O–H groups in total. The molecule has 2 rings (SSSR count). The van der Waals surface area contributed by atoms with E-state index in [9.17, 15) is 9.59 Å².